The lowest BCUT2D eigenvalue weighted by Crippen LogP contribution is -2.27. The lowest BCUT2D eigenvalue weighted by atomic mass is 10.1. The van der Waals surface area contributed by atoms with Gasteiger partial charge in [-0.15, -0.1) is 11.8 Å². The standard InChI is InChI=1S/C17H14N2OS2/c1-11-6-8-12(9-7-11)16-19(15(20)10-21-16)17-18-13-4-2-3-5-14(13)22-17/h2-9,16H,10H2,1H3/t16-/m0/s1. The molecule has 0 bridgehead atoms. The SMILES string of the molecule is Cc1ccc([C@@H]2SCC(=O)N2c2nc3ccccc3s2)cc1. The second kappa shape index (κ2) is 5.41. The molecule has 1 saturated heterocycles. The lowest BCUT2D eigenvalue weighted by Gasteiger charge is -2.21. The molecule has 5 heteroatoms. The van der Waals surface area contributed by atoms with Crippen LogP contribution in [0, 0.1) is 6.92 Å². The number of hydrogen-bond acceptors (Lipinski definition) is 4. The first kappa shape index (κ1) is 13.8. The van der Waals surface area contributed by atoms with Crippen LogP contribution < -0.4 is 4.90 Å². The molecule has 110 valence electrons. The van der Waals surface area contributed by atoms with Crippen molar-refractivity contribution in [3.05, 3.63) is 59.7 Å². The van der Waals surface area contributed by atoms with Gasteiger partial charge in [-0.2, -0.15) is 0 Å². The number of carbonyl (C=O) groups excluding carboxylic acids is 1. The molecular formula is C17H14N2OS2. The van der Waals surface area contributed by atoms with E-state index < -0.39 is 0 Å². The fraction of sp³-hybridized carbons (Fsp3) is 0.176. The number of amides is 1. The molecule has 4 rings (SSSR count). The Bertz CT molecular complexity index is 808. The molecule has 3 aromatic rings. The third-order valence-electron chi connectivity index (χ3n) is 3.72. The highest BCUT2D eigenvalue weighted by Crippen LogP contribution is 2.43. The van der Waals surface area contributed by atoms with Crippen LogP contribution in [-0.4, -0.2) is 16.6 Å². The summed E-state index contributed by atoms with van der Waals surface area (Å²) >= 11 is 3.25. The molecule has 3 nitrogen and oxygen atoms in total. The Kier molecular flexibility index (Phi) is 3.39. The maximum absolute atomic E-state index is 12.4. The number of aromatic nitrogens is 1. The highest BCUT2D eigenvalue weighted by molar-refractivity contribution is 8.00. The molecule has 1 amide bonds. The van der Waals surface area contributed by atoms with Crippen molar-refractivity contribution in [2.45, 2.75) is 12.3 Å². The van der Waals surface area contributed by atoms with Crippen LogP contribution in [0.15, 0.2) is 48.5 Å². The third-order valence-corrected chi connectivity index (χ3v) is 5.97. The molecular weight excluding hydrogens is 312 g/mol. The van der Waals surface area contributed by atoms with Gasteiger partial charge >= 0.3 is 0 Å². The average molecular weight is 326 g/mol. The van der Waals surface area contributed by atoms with Crippen LogP contribution in [0.5, 0.6) is 0 Å². The van der Waals surface area contributed by atoms with Gasteiger partial charge in [-0.25, -0.2) is 4.98 Å². The first-order chi connectivity index (χ1) is 10.7. The van der Waals surface area contributed by atoms with Crippen LogP contribution in [0.3, 0.4) is 0 Å². The number of nitrogens with zero attached hydrogens (tertiary/aromatic N) is 2. The Balaban J connectivity index is 1.76. The third kappa shape index (κ3) is 2.30. The van der Waals surface area contributed by atoms with Gasteiger partial charge in [0.25, 0.3) is 0 Å². The summed E-state index contributed by atoms with van der Waals surface area (Å²) in [5, 5.41) is 0.815. The number of thiazole rings is 1. The van der Waals surface area contributed by atoms with Crippen LogP contribution in [0.4, 0.5) is 5.13 Å². The number of para-hydroxylation sites is 1. The zero-order valence-corrected chi connectivity index (χ0v) is 13.7. The summed E-state index contributed by atoms with van der Waals surface area (Å²) in [6.45, 7) is 2.07. The predicted molar refractivity (Wildman–Crippen MR) is 93.5 cm³/mol. The molecule has 1 aromatic heterocycles. The van der Waals surface area contributed by atoms with Gasteiger partial charge in [-0.05, 0) is 24.6 Å². The molecule has 1 fully saturated rings. The normalized spacial score (nSPS) is 18.3. The summed E-state index contributed by atoms with van der Waals surface area (Å²) < 4.78 is 1.12. The van der Waals surface area contributed by atoms with Gasteiger partial charge in [0.15, 0.2) is 5.13 Å². The maximum atomic E-state index is 12.4. The van der Waals surface area contributed by atoms with Crippen LogP contribution >= 0.6 is 23.1 Å². The smallest absolute Gasteiger partial charge is 0.240 e. The van der Waals surface area contributed by atoms with E-state index in [1.54, 1.807) is 23.1 Å². The van der Waals surface area contributed by atoms with Crippen LogP contribution in [-0.2, 0) is 4.79 Å². The minimum Gasteiger partial charge on any atom is -0.273 e. The molecule has 0 aliphatic carbocycles. The molecule has 22 heavy (non-hydrogen) atoms. The number of anilines is 1. The summed E-state index contributed by atoms with van der Waals surface area (Å²) in [7, 11) is 0. The van der Waals surface area contributed by atoms with Crippen molar-refractivity contribution in [2.75, 3.05) is 10.7 Å². The highest BCUT2D eigenvalue weighted by Gasteiger charge is 2.35. The number of benzene rings is 2. The van der Waals surface area contributed by atoms with Crippen LogP contribution in [0.25, 0.3) is 10.2 Å². The van der Waals surface area contributed by atoms with Gasteiger partial charge in [0, 0.05) is 0 Å². The second-order valence-corrected chi connectivity index (χ2v) is 7.38. The minimum absolute atomic E-state index is 0.0219. The van der Waals surface area contributed by atoms with Crippen molar-refractivity contribution in [2.24, 2.45) is 0 Å². The summed E-state index contributed by atoms with van der Waals surface area (Å²) in [4.78, 5) is 18.9. The quantitative estimate of drug-likeness (QED) is 0.700. The number of aryl methyl sites for hydroxylation is 1. The molecule has 1 atom stereocenters. The number of hydrogen-bond donors (Lipinski definition) is 0. The highest BCUT2D eigenvalue weighted by atomic mass is 32.2. The molecule has 0 unspecified atom stereocenters. The van der Waals surface area contributed by atoms with E-state index in [1.165, 1.54) is 5.56 Å². The number of fused-ring (bicyclic) bond motifs is 1. The van der Waals surface area contributed by atoms with Gasteiger partial charge < -0.3 is 0 Å². The summed E-state index contributed by atoms with van der Waals surface area (Å²) in [5.41, 5.74) is 3.33. The Morgan fingerprint density at radius 2 is 1.91 bits per heavy atom. The van der Waals surface area contributed by atoms with E-state index in [-0.39, 0.29) is 11.3 Å². The first-order valence-corrected chi connectivity index (χ1v) is 8.95. The van der Waals surface area contributed by atoms with E-state index in [4.69, 9.17) is 0 Å². The Morgan fingerprint density at radius 3 is 2.68 bits per heavy atom. The van der Waals surface area contributed by atoms with Crippen molar-refractivity contribution < 1.29 is 4.79 Å². The van der Waals surface area contributed by atoms with E-state index in [2.05, 4.69) is 36.2 Å². The van der Waals surface area contributed by atoms with Gasteiger partial charge in [0.1, 0.15) is 5.37 Å². The van der Waals surface area contributed by atoms with Crippen LogP contribution in [0.2, 0.25) is 0 Å². The Hall–Kier alpha value is -1.85. The molecule has 1 aliphatic rings. The van der Waals surface area contributed by atoms with Crippen molar-refractivity contribution in [1.29, 1.82) is 0 Å². The number of thioether (sulfide) groups is 1. The molecule has 1 aliphatic heterocycles. The van der Waals surface area contributed by atoms with Crippen molar-refractivity contribution in [1.82, 2.24) is 4.98 Å². The van der Waals surface area contributed by atoms with Gasteiger partial charge in [0.2, 0.25) is 5.91 Å². The van der Waals surface area contributed by atoms with E-state index in [9.17, 15) is 4.79 Å². The predicted octanol–water partition coefficient (Wildman–Crippen LogP) is 4.38. The monoisotopic (exact) mass is 326 g/mol. The second-order valence-electron chi connectivity index (χ2n) is 5.30. The van der Waals surface area contributed by atoms with E-state index in [1.807, 2.05) is 29.2 Å². The maximum Gasteiger partial charge on any atom is 0.240 e. The molecule has 0 N–H and O–H groups in total. The number of carbonyl (C=O) groups is 1. The zero-order chi connectivity index (χ0) is 15.1. The van der Waals surface area contributed by atoms with Crippen molar-refractivity contribution >= 4 is 44.4 Å². The van der Waals surface area contributed by atoms with E-state index in [0.717, 1.165) is 20.9 Å². The molecule has 0 radical (unpaired) electrons. The lowest BCUT2D eigenvalue weighted by molar-refractivity contribution is -0.115. The summed E-state index contributed by atoms with van der Waals surface area (Å²) in [5.74, 6) is 0.642. The molecule has 2 heterocycles. The molecule has 0 spiro atoms. The molecule has 2 aromatic carbocycles. The van der Waals surface area contributed by atoms with E-state index in [0.29, 0.717) is 5.75 Å². The first-order valence-electron chi connectivity index (χ1n) is 7.08. The summed E-state index contributed by atoms with van der Waals surface area (Å²) in [6.07, 6.45) is 0. The summed E-state index contributed by atoms with van der Waals surface area (Å²) in [6, 6.07) is 16.4. The zero-order valence-electron chi connectivity index (χ0n) is 12.0. The van der Waals surface area contributed by atoms with Gasteiger partial charge in [-0.3, -0.25) is 9.69 Å². The average Bonchev–Trinajstić information content (AvgIpc) is 3.11. The van der Waals surface area contributed by atoms with Crippen molar-refractivity contribution in [3.63, 3.8) is 0 Å². The fourth-order valence-electron chi connectivity index (χ4n) is 2.57. The molecule has 0 saturated carbocycles. The van der Waals surface area contributed by atoms with Crippen molar-refractivity contribution in [3.8, 4) is 0 Å². The minimum atomic E-state index is 0.0219. The topological polar surface area (TPSA) is 33.2 Å². The Labute approximate surface area is 137 Å². The fourth-order valence-corrected chi connectivity index (χ4v) is 4.80. The van der Waals surface area contributed by atoms with Gasteiger partial charge in [-0.1, -0.05) is 53.3 Å². The number of rotatable bonds is 2. The van der Waals surface area contributed by atoms with E-state index >= 15 is 0 Å². The largest absolute Gasteiger partial charge is 0.273 e. The van der Waals surface area contributed by atoms with Gasteiger partial charge in [0.05, 0.1) is 16.0 Å². The Morgan fingerprint density at radius 1 is 1.14 bits per heavy atom. The van der Waals surface area contributed by atoms with Crippen LogP contribution in [0.1, 0.15) is 16.5 Å².